The van der Waals surface area contributed by atoms with Crippen LogP contribution in [-0.4, -0.2) is 42.3 Å². The molecule has 14 heavy (non-hydrogen) atoms. The molecule has 0 aliphatic rings. The number of nitrogens with zero attached hydrogens (tertiary/aromatic N) is 3. The van der Waals surface area contributed by atoms with E-state index < -0.39 is 0 Å². The van der Waals surface area contributed by atoms with Gasteiger partial charge in [0.1, 0.15) is 0 Å². The molecule has 7 heteroatoms. The number of ether oxygens (including phenoxy) is 2. The van der Waals surface area contributed by atoms with Crippen LogP contribution in [0.4, 0.5) is 11.9 Å². The molecular weight excluding hydrogens is 186 g/mol. The number of nitrogens with one attached hydrogen (secondary N) is 1. The second-order valence-electron chi connectivity index (χ2n) is 2.42. The number of rotatable bonds is 5. The third-order valence-corrected chi connectivity index (χ3v) is 1.40. The van der Waals surface area contributed by atoms with Crippen molar-refractivity contribution in [2.45, 2.75) is 0 Å². The molecule has 0 aliphatic carbocycles. The number of hydrogen-bond acceptors (Lipinski definition) is 7. The lowest BCUT2D eigenvalue weighted by molar-refractivity contribution is 0.210. The molecule has 1 aromatic rings. The van der Waals surface area contributed by atoms with Gasteiger partial charge in [-0.05, 0) is 0 Å². The molecule has 7 nitrogen and oxygen atoms in total. The number of aromatic nitrogens is 3. The topological polar surface area (TPSA) is 95.2 Å². The maximum Gasteiger partial charge on any atom is 0.322 e. The summed E-state index contributed by atoms with van der Waals surface area (Å²) >= 11 is 0. The van der Waals surface area contributed by atoms with Gasteiger partial charge in [0.25, 0.3) is 0 Å². The van der Waals surface area contributed by atoms with Crippen molar-refractivity contribution < 1.29 is 9.47 Å². The van der Waals surface area contributed by atoms with Gasteiger partial charge in [-0.25, -0.2) is 0 Å². The van der Waals surface area contributed by atoms with E-state index in [0.29, 0.717) is 19.1 Å². The van der Waals surface area contributed by atoms with Gasteiger partial charge in [-0.1, -0.05) is 0 Å². The lowest BCUT2D eigenvalue weighted by atomic mass is 10.7. The minimum absolute atomic E-state index is 0.122. The van der Waals surface area contributed by atoms with E-state index in [9.17, 15) is 0 Å². The van der Waals surface area contributed by atoms with E-state index in [1.807, 2.05) is 0 Å². The van der Waals surface area contributed by atoms with Crippen molar-refractivity contribution in [3.63, 3.8) is 0 Å². The van der Waals surface area contributed by atoms with Crippen LogP contribution < -0.4 is 15.8 Å². The summed E-state index contributed by atoms with van der Waals surface area (Å²) in [7, 11) is 3.08. The second-order valence-corrected chi connectivity index (χ2v) is 2.42. The number of hydrogen-bond donors (Lipinski definition) is 2. The number of nitrogens with two attached hydrogens (primary N) is 1. The Morgan fingerprint density at radius 2 is 2.07 bits per heavy atom. The lowest BCUT2D eigenvalue weighted by Gasteiger charge is -2.05. The molecule has 78 valence electrons. The minimum Gasteiger partial charge on any atom is -0.467 e. The van der Waals surface area contributed by atoms with E-state index in [0.717, 1.165) is 0 Å². The van der Waals surface area contributed by atoms with Gasteiger partial charge in [-0.2, -0.15) is 15.0 Å². The number of methoxy groups -OCH3 is 2. The zero-order chi connectivity index (χ0) is 10.4. The van der Waals surface area contributed by atoms with Crippen LogP contribution in [0, 0.1) is 0 Å². The maximum atomic E-state index is 5.43. The highest BCUT2D eigenvalue weighted by Gasteiger charge is 2.02. The molecule has 0 amide bonds. The van der Waals surface area contributed by atoms with Gasteiger partial charge in [0, 0.05) is 13.7 Å². The van der Waals surface area contributed by atoms with Crippen molar-refractivity contribution in [1.82, 2.24) is 15.0 Å². The van der Waals surface area contributed by atoms with Gasteiger partial charge in [0.15, 0.2) is 0 Å². The van der Waals surface area contributed by atoms with Gasteiger partial charge >= 0.3 is 6.01 Å². The van der Waals surface area contributed by atoms with Crippen LogP contribution in [0.1, 0.15) is 0 Å². The van der Waals surface area contributed by atoms with Crippen molar-refractivity contribution in [3.05, 3.63) is 0 Å². The molecule has 1 heterocycles. The van der Waals surface area contributed by atoms with Gasteiger partial charge in [0.05, 0.1) is 13.7 Å². The molecule has 3 N–H and O–H groups in total. The van der Waals surface area contributed by atoms with Crippen LogP contribution >= 0.6 is 0 Å². The van der Waals surface area contributed by atoms with Gasteiger partial charge in [-0.3, -0.25) is 0 Å². The normalized spacial score (nSPS) is 9.86. The fourth-order valence-corrected chi connectivity index (χ4v) is 0.807. The Bertz CT molecular complexity index is 293. The van der Waals surface area contributed by atoms with Crippen molar-refractivity contribution in [3.8, 4) is 6.01 Å². The predicted molar refractivity (Wildman–Crippen MR) is 51.2 cm³/mol. The Balaban J connectivity index is 2.62. The molecule has 0 saturated carbocycles. The molecule has 0 aromatic carbocycles. The highest BCUT2D eigenvalue weighted by Crippen LogP contribution is 2.07. The first kappa shape index (κ1) is 10.5. The standard InChI is InChI=1S/C7H13N5O2/c1-13-4-3-9-6-10-5(8)11-7(12-6)14-2/h3-4H2,1-2H3,(H3,8,9,10,11,12). The van der Waals surface area contributed by atoms with E-state index in [-0.39, 0.29) is 12.0 Å². The van der Waals surface area contributed by atoms with Crippen LogP contribution in [0.2, 0.25) is 0 Å². The largest absolute Gasteiger partial charge is 0.467 e. The zero-order valence-corrected chi connectivity index (χ0v) is 8.15. The highest BCUT2D eigenvalue weighted by molar-refractivity contribution is 5.32. The Kier molecular flexibility index (Phi) is 3.86. The van der Waals surface area contributed by atoms with E-state index in [4.69, 9.17) is 15.2 Å². The summed E-state index contributed by atoms with van der Waals surface area (Å²) < 4.78 is 9.68. The summed E-state index contributed by atoms with van der Waals surface area (Å²) in [5.74, 6) is 0.503. The molecule has 0 radical (unpaired) electrons. The third-order valence-electron chi connectivity index (χ3n) is 1.40. The highest BCUT2D eigenvalue weighted by atomic mass is 16.5. The first-order chi connectivity index (χ1) is 6.76. The van der Waals surface area contributed by atoms with Gasteiger partial charge < -0.3 is 20.5 Å². The van der Waals surface area contributed by atoms with E-state index in [1.54, 1.807) is 7.11 Å². The quantitative estimate of drug-likeness (QED) is 0.618. The van der Waals surface area contributed by atoms with E-state index >= 15 is 0 Å². The second kappa shape index (κ2) is 5.18. The summed E-state index contributed by atoms with van der Waals surface area (Å²) in [5, 5.41) is 2.91. The Morgan fingerprint density at radius 1 is 1.29 bits per heavy atom. The SMILES string of the molecule is COCCNc1nc(N)nc(OC)n1. The molecule has 0 unspecified atom stereocenters. The van der Waals surface area contributed by atoms with Crippen LogP contribution in [0.5, 0.6) is 6.01 Å². The molecular formula is C7H13N5O2. The fourth-order valence-electron chi connectivity index (χ4n) is 0.807. The first-order valence-electron chi connectivity index (χ1n) is 4.04. The Morgan fingerprint density at radius 3 is 2.71 bits per heavy atom. The molecule has 0 aliphatic heterocycles. The van der Waals surface area contributed by atoms with Crippen molar-refractivity contribution >= 4 is 11.9 Å². The fraction of sp³-hybridized carbons (Fsp3) is 0.571. The summed E-state index contributed by atoms with van der Waals surface area (Å²) in [6.45, 7) is 1.16. The van der Waals surface area contributed by atoms with Crippen molar-refractivity contribution in [1.29, 1.82) is 0 Å². The predicted octanol–water partition coefficient (Wildman–Crippen LogP) is -0.479. The Hall–Kier alpha value is -1.63. The summed E-state index contributed by atoms with van der Waals surface area (Å²) in [4.78, 5) is 11.5. The Labute approximate surface area is 81.7 Å². The first-order valence-corrected chi connectivity index (χ1v) is 4.04. The molecule has 1 aromatic heterocycles. The lowest BCUT2D eigenvalue weighted by Crippen LogP contribution is -2.12. The van der Waals surface area contributed by atoms with E-state index in [2.05, 4.69) is 20.3 Å². The number of anilines is 2. The molecule has 0 fully saturated rings. The summed E-state index contributed by atoms with van der Waals surface area (Å²) in [6, 6.07) is 0.192. The molecule has 0 spiro atoms. The smallest absolute Gasteiger partial charge is 0.322 e. The van der Waals surface area contributed by atoms with Crippen LogP contribution in [-0.2, 0) is 4.74 Å². The maximum absolute atomic E-state index is 5.43. The average molecular weight is 199 g/mol. The average Bonchev–Trinajstić information content (AvgIpc) is 2.17. The third kappa shape index (κ3) is 3.02. The zero-order valence-electron chi connectivity index (χ0n) is 8.15. The number of nitrogen functional groups attached to an aromatic ring is 1. The van der Waals surface area contributed by atoms with Gasteiger partial charge in [0.2, 0.25) is 11.9 Å². The molecule has 1 rings (SSSR count). The van der Waals surface area contributed by atoms with Crippen LogP contribution in [0.25, 0.3) is 0 Å². The minimum atomic E-state index is 0.122. The van der Waals surface area contributed by atoms with E-state index in [1.165, 1.54) is 7.11 Å². The summed E-state index contributed by atoms with van der Waals surface area (Å²) in [6.07, 6.45) is 0. The van der Waals surface area contributed by atoms with Gasteiger partial charge in [-0.15, -0.1) is 0 Å². The summed E-state index contributed by atoms with van der Waals surface area (Å²) in [5.41, 5.74) is 5.43. The van der Waals surface area contributed by atoms with Crippen LogP contribution in [0.15, 0.2) is 0 Å². The molecule has 0 saturated heterocycles. The monoisotopic (exact) mass is 199 g/mol. The molecule has 0 bridgehead atoms. The molecule has 0 atom stereocenters. The van der Waals surface area contributed by atoms with Crippen molar-refractivity contribution in [2.24, 2.45) is 0 Å². The van der Waals surface area contributed by atoms with Crippen LogP contribution in [0.3, 0.4) is 0 Å². The van der Waals surface area contributed by atoms with Crippen molar-refractivity contribution in [2.75, 3.05) is 38.4 Å².